The Labute approximate surface area is 185 Å². The molecule has 31 heavy (non-hydrogen) atoms. The monoisotopic (exact) mass is 437 g/mol. The molecule has 5 N–H and O–H groups in total. The van der Waals surface area contributed by atoms with E-state index in [1.54, 1.807) is 0 Å². The Hall–Kier alpha value is -1.75. The maximum absolute atomic E-state index is 5.69. The van der Waals surface area contributed by atoms with E-state index in [0.29, 0.717) is 69.8 Å². The zero-order valence-electron chi connectivity index (χ0n) is 18.6. The normalized spacial score (nSPS) is 19.5. The van der Waals surface area contributed by atoms with Crippen molar-refractivity contribution in [3.8, 4) is 0 Å². The van der Waals surface area contributed by atoms with Crippen molar-refractivity contribution in [3.63, 3.8) is 0 Å². The summed E-state index contributed by atoms with van der Waals surface area (Å²) >= 11 is 0. The standard InChI is InChI=1S/C21H39N7O3/c22-8-11-29-13-14-30-12-9-23-19-26-20(24-15-17-5-2-1-3-6-17)28-21(27-19)25-16-18-7-4-10-31-18/h17-18H,1-16,22H2,(H3,23,24,25,26,27,28). The quantitative estimate of drug-likeness (QED) is 0.302. The van der Waals surface area contributed by atoms with Crippen LogP contribution in [-0.4, -0.2) is 80.3 Å². The summed E-state index contributed by atoms with van der Waals surface area (Å²) in [5.41, 5.74) is 5.39. The van der Waals surface area contributed by atoms with E-state index in [4.69, 9.17) is 19.9 Å². The molecule has 0 spiro atoms. The highest BCUT2D eigenvalue weighted by molar-refractivity contribution is 5.42. The first-order valence-electron chi connectivity index (χ1n) is 11.8. The molecule has 176 valence electrons. The lowest BCUT2D eigenvalue weighted by atomic mass is 9.89. The number of nitrogens with two attached hydrogens (primary N) is 1. The van der Waals surface area contributed by atoms with Crippen LogP contribution >= 0.6 is 0 Å². The van der Waals surface area contributed by atoms with E-state index in [-0.39, 0.29) is 6.10 Å². The second-order valence-corrected chi connectivity index (χ2v) is 8.15. The first-order chi connectivity index (χ1) is 15.3. The third-order valence-corrected chi connectivity index (χ3v) is 5.58. The molecule has 0 amide bonds. The Balaban J connectivity index is 1.47. The van der Waals surface area contributed by atoms with Gasteiger partial charge >= 0.3 is 0 Å². The van der Waals surface area contributed by atoms with Crippen molar-refractivity contribution in [2.75, 3.05) is 75.2 Å². The topological polar surface area (TPSA) is 128 Å². The fraction of sp³-hybridized carbons (Fsp3) is 0.857. The molecule has 1 saturated heterocycles. The van der Waals surface area contributed by atoms with E-state index >= 15 is 0 Å². The van der Waals surface area contributed by atoms with Gasteiger partial charge < -0.3 is 35.9 Å². The summed E-state index contributed by atoms with van der Waals surface area (Å²) in [4.78, 5) is 13.6. The largest absolute Gasteiger partial charge is 0.378 e. The van der Waals surface area contributed by atoms with Crippen molar-refractivity contribution >= 4 is 17.8 Å². The van der Waals surface area contributed by atoms with Crippen LogP contribution in [0.5, 0.6) is 0 Å². The number of anilines is 3. The van der Waals surface area contributed by atoms with Gasteiger partial charge in [0, 0.05) is 32.8 Å². The summed E-state index contributed by atoms with van der Waals surface area (Å²) in [6, 6.07) is 0. The zero-order chi connectivity index (χ0) is 21.6. The molecule has 2 heterocycles. The molecular formula is C21H39N7O3. The molecule has 1 unspecified atom stereocenters. The Kier molecular flexibility index (Phi) is 11.1. The average Bonchev–Trinajstić information content (AvgIpc) is 3.33. The number of aromatic nitrogens is 3. The number of hydrogen-bond donors (Lipinski definition) is 4. The van der Waals surface area contributed by atoms with Crippen LogP contribution in [0.25, 0.3) is 0 Å². The van der Waals surface area contributed by atoms with Crippen LogP contribution in [0, 0.1) is 5.92 Å². The van der Waals surface area contributed by atoms with Crippen molar-refractivity contribution in [2.24, 2.45) is 11.7 Å². The summed E-state index contributed by atoms with van der Waals surface area (Å²) in [6.07, 6.45) is 8.96. The number of rotatable bonds is 15. The van der Waals surface area contributed by atoms with Crippen LogP contribution in [0.15, 0.2) is 0 Å². The fourth-order valence-corrected chi connectivity index (χ4v) is 3.89. The number of hydrogen-bond acceptors (Lipinski definition) is 10. The highest BCUT2D eigenvalue weighted by atomic mass is 16.5. The number of nitrogens with zero attached hydrogens (tertiary/aromatic N) is 3. The Morgan fingerprint density at radius 1 is 0.774 bits per heavy atom. The van der Waals surface area contributed by atoms with Gasteiger partial charge in [-0.15, -0.1) is 0 Å². The molecule has 0 radical (unpaired) electrons. The smallest absolute Gasteiger partial charge is 0.229 e. The molecule has 10 nitrogen and oxygen atoms in total. The molecule has 1 aromatic rings. The van der Waals surface area contributed by atoms with E-state index in [1.165, 1.54) is 32.1 Å². The van der Waals surface area contributed by atoms with Gasteiger partial charge in [-0.2, -0.15) is 15.0 Å². The summed E-state index contributed by atoms with van der Waals surface area (Å²) < 4.78 is 16.5. The third-order valence-electron chi connectivity index (χ3n) is 5.58. The first kappa shape index (κ1) is 23.9. The van der Waals surface area contributed by atoms with Gasteiger partial charge in [0.2, 0.25) is 17.8 Å². The average molecular weight is 438 g/mol. The van der Waals surface area contributed by atoms with Crippen molar-refractivity contribution in [1.82, 2.24) is 15.0 Å². The second kappa shape index (κ2) is 14.3. The van der Waals surface area contributed by atoms with Crippen molar-refractivity contribution < 1.29 is 14.2 Å². The van der Waals surface area contributed by atoms with Crippen molar-refractivity contribution in [1.29, 1.82) is 0 Å². The lowest BCUT2D eigenvalue weighted by molar-refractivity contribution is 0.0547. The van der Waals surface area contributed by atoms with Gasteiger partial charge in [0.15, 0.2) is 0 Å². The maximum Gasteiger partial charge on any atom is 0.229 e. The molecule has 2 fully saturated rings. The highest BCUT2D eigenvalue weighted by Crippen LogP contribution is 2.23. The first-order valence-corrected chi connectivity index (χ1v) is 11.8. The lowest BCUT2D eigenvalue weighted by Gasteiger charge is -2.22. The van der Waals surface area contributed by atoms with Gasteiger partial charge in [0.1, 0.15) is 0 Å². The van der Waals surface area contributed by atoms with Crippen LogP contribution < -0.4 is 21.7 Å². The van der Waals surface area contributed by atoms with Crippen molar-refractivity contribution in [2.45, 2.75) is 51.0 Å². The highest BCUT2D eigenvalue weighted by Gasteiger charge is 2.17. The van der Waals surface area contributed by atoms with Crippen molar-refractivity contribution in [3.05, 3.63) is 0 Å². The Bertz CT molecular complexity index is 611. The van der Waals surface area contributed by atoms with Gasteiger partial charge in [0.05, 0.1) is 32.5 Å². The van der Waals surface area contributed by atoms with E-state index in [1.807, 2.05) is 0 Å². The summed E-state index contributed by atoms with van der Waals surface area (Å²) in [5.74, 6) is 2.41. The van der Waals surface area contributed by atoms with Crippen LogP contribution in [0.4, 0.5) is 17.8 Å². The molecule has 1 aromatic heterocycles. The fourth-order valence-electron chi connectivity index (χ4n) is 3.89. The molecule has 0 aromatic carbocycles. The summed E-state index contributed by atoms with van der Waals surface area (Å²) in [5, 5.41) is 9.97. The lowest BCUT2D eigenvalue weighted by Crippen LogP contribution is -2.22. The molecule has 1 atom stereocenters. The van der Waals surface area contributed by atoms with E-state index < -0.39 is 0 Å². The van der Waals surface area contributed by atoms with E-state index in [0.717, 1.165) is 26.0 Å². The van der Waals surface area contributed by atoms with Gasteiger partial charge in [-0.05, 0) is 31.6 Å². The Morgan fingerprint density at radius 2 is 1.45 bits per heavy atom. The molecule has 3 rings (SSSR count). The van der Waals surface area contributed by atoms with Gasteiger partial charge in [0.25, 0.3) is 0 Å². The second-order valence-electron chi connectivity index (χ2n) is 8.15. The molecule has 1 saturated carbocycles. The minimum atomic E-state index is 0.224. The van der Waals surface area contributed by atoms with Crippen LogP contribution in [0.2, 0.25) is 0 Å². The van der Waals surface area contributed by atoms with Crippen LogP contribution in [0.3, 0.4) is 0 Å². The molecule has 10 heteroatoms. The van der Waals surface area contributed by atoms with E-state index in [2.05, 4.69) is 30.9 Å². The SMILES string of the molecule is NCCOCCOCCNc1nc(NCC2CCCCC2)nc(NCC2CCCO2)n1. The molecule has 0 bridgehead atoms. The molecule has 1 aliphatic heterocycles. The predicted octanol–water partition coefficient (Wildman–Crippen LogP) is 1.86. The zero-order valence-corrected chi connectivity index (χ0v) is 18.6. The summed E-state index contributed by atoms with van der Waals surface area (Å²) in [7, 11) is 0. The number of nitrogens with one attached hydrogen (secondary N) is 3. The molecular weight excluding hydrogens is 398 g/mol. The predicted molar refractivity (Wildman–Crippen MR) is 122 cm³/mol. The minimum Gasteiger partial charge on any atom is -0.378 e. The Morgan fingerprint density at radius 3 is 2.13 bits per heavy atom. The molecule has 2 aliphatic rings. The van der Waals surface area contributed by atoms with Gasteiger partial charge in [-0.3, -0.25) is 0 Å². The van der Waals surface area contributed by atoms with Crippen LogP contribution in [0.1, 0.15) is 44.9 Å². The van der Waals surface area contributed by atoms with Gasteiger partial charge in [-0.25, -0.2) is 0 Å². The van der Waals surface area contributed by atoms with E-state index in [9.17, 15) is 0 Å². The molecule has 1 aliphatic carbocycles. The third kappa shape index (κ3) is 9.51. The maximum atomic E-state index is 5.69. The summed E-state index contributed by atoms with van der Waals surface area (Å²) in [6.45, 7) is 5.78. The number of ether oxygens (including phenoxy) is 3. The minimum absolute atomic E-state index is 0.224. The van der Waals surface area contributed by atoms with Crippen LogP contribution in [-0.2, 0) is 14.2 Å². The van der Waals surface area contributed by atoms with Gasteiger partial charge in [-0.1, -0.05) is 19.3 Å².